The van der Waals surface area contributed by atoms with Crippen LogP contribution in [0.25, 0.3) is 22.3 Å². The Bertz CT molecular complexity index is 1530. The molecule has 0 bridgehead atoms. The number of carboxylic acid groups (broad SMARTS) is 1. The van der Waals surface area contributed by atoms with Crippen molar-refractivity contribution >= 4 is 28.5 Å². The number of aromatic carboxylic acids is 1. The van der Waals surface area contributed by atoms with E-state index < -0.39 is 17.7 Å². The molecule has 4 N–H and O–H groups in total. The van der Waals surface area contributed by atoms with Gasteiger partial charge in [-0.25, -0.2) is 14.8 Å². The molecule has 5 rings (SSSR count). The number of aromatic nitrogens is 3. The Morgan fingerprint density at radius 3 is 2.55 bits per heavy atom. The molecule has 10 heteroatoms. The molecule has 1 aliphatic carbocycles. The number of carboxylic acids is 1. The Labute approximate surface area is 217 Å². The largest absolute Gasteiger partial charge is 0.475 e. The molecule has 0 spiro atoms. The number of nitrogens with two attached hydrogens (primary N) is 1. The van der Waals surface area contributed by atoms with Crippen molar-refractivity contribution in [2.45, 2.75) is 51.9 Å². The molecule has 0 aliphatic heterocycles. The SMILES string of the molecule is Cc1cccc(-c2cc3nc(C(=O)O)nc(N[C@H](C)C4CCC4)c3n2Cc2ccc(C(F)(F)F)cc2N)c1. The third-order valence-electron chi connectivity index (χ3n) is 7.27. The number of hydrogen-bond acceptors (Lipinski definition) is 5. The van der Waals surface area contributed by atoms with Gasteiger partial charge in [-0.2, -0.15) is 13.2 Å². The zero-order valence-corrected chi connectivity index (χ0v) is 21.0. The van der Waals surface area contributed by atoms with Gasteiger partial charge in [-0.3, -0.25) is 0 Å². The quantitative estimate of drug-likeness (QED) is 0.244. The molecular formula is C28H28F3N5O2. The molecule has 4 aromatic rings. The lowest BCUT2D eigenvalue weighted by Gasteiger charge is -2.32. The van der Waals surface area contributed by atoms with E-state index in [0.717, 1.165) is 48.2 Å². The molecule has 0 amide bonds. The van der Waals surface area contributed by atoms with Gasteiger partial charge in [0.15, 0.2) is 5.82 Å². The van der Waals surface area contributed by atoms with Crippen LogP contribution < -0.4 is 11.1 Å². The van der Waals surface area contributed by atoms with E-state index >= 15 is 0 Å². The van der Waals surface area contributed by atoms with Gasteiger partial charge in [-0.15, -0.1) is 0 Å². The number of fused-ring (bicyclic) bond motifs is 1. The van der Waals surface area contributed by atoms with Gasteiger partial charge < -0.3 is 20.7 Å². The molecule has 2 aromatic heterocycles. The first-order valence-electron chi connectivity index (χ1n) is 12.4. The highest BCUT2D eigenvalue weighted by molar-refractivity contribution is 5.95. The van der Waals surface area contributed by atoms with Crippen molar-refractivity contribution in [2.24, 2.45) is 5.92 Å². The molecular weight excluding hydrogens is 495 g/mol. The first-order valence-corrected chi connectivity index (χ1v) is 12.4. The van der Waals surface area contributed by atoms with E-state index in [9.17, 15) is 23.1 Å². The fourth-order valence-electron chi connectivity index (χ4n) is 4.93. The number of halogens is 3. The number of aryl methyl sites for hydroxylation is 1. The Balaban J connectivity index is 1.71. The summed E-state index contributed by atoms with van der Waals surface area (Å²) >= 11 is 0. The molecule has 1 atom stereocenters. The lowest BCUT2D eigenvalue weighted by atomic mass is 9.80. The second-order valence-corrected chi connectivity index (χ2v) is 9.96. The van der Waals surface area contributed by atoms with Gasteiger partial charge in [0, 0.05) is 11.7 Å². The molecule has 0 radical (unpaired) electrons. The fourth-order valence-corrected chi connectivity index (χ4v) is 4.93. The zero-order chi connectivity index (χ0) is 27.2. The number of carbonyl (C=O) groups is 1. The third kappa shape index (κ3) is 4.90. The number of alkyl halides is 3. The number of rotatable bonds is 7. The summed E-state index contributed by atoms with van der Waals surface area (Å²) in [7, 11) is 0. The number of nitrogens with one attached hydrogen (secondary N) is 1. The van der Waals surface area contributed by atoms with E-state index in [1.54, 1.807) is 6.07 Å². The number of hydrogen-bond donors (Lipinski definition) is 3. The molecule has 198 valence electrons. The molecule has 2 aromatic carbocycles. The Kier molecular flexibility index (Phi) is 6.50. The van der Waals surface area contributed by atoms with Crippen LogP contribution in [0.15, 0.2) is 48.5 Å². The lowest BCUT2D eigenvalue weighted by Crippen LogP contribution is -2.31. The number of anilines is 2. The second-order valence-electron chi connectivity index (χ2n) is 9.96. The van der Waals surface area contributed by atoms with E-state index in [4.69, 9.17) is 5.73 Å². The van der Waals surface area contributed by atoms with Crippen LogP contribution in [0.2, 0.25) is 0 Å². The molecule has 2 heterocycles. The van der Waals surface area contributed by atoms with Crippen molar-refractivity contribution in [3.8, 4) is 11.3 Å². The van der Waals surface area contributed by atoms with E-state index in [0.29, 0.717) is 28.3 Å². The Morgan fingerprint density at radius 1 is 1.18 bits per heavy atom. The van der Waals surface area contributed by atoms with Gasteiger partial charge >= 0.3 is 12.1 Å². The van der Waals surface area contributed by atoms with Crippen LogP contribution in [0.5, 0.6) is 0 Å². The van der Waals surface area contributed by atoms with Gasteiger partial charge in [0.1, 0.15) is 5.52 Å². The third-order valence-corrected chi connectivity index (χ3v) is 7.27. The van der Waals surface area contributed by atoms with Crippen LogP contribution in [0.1, 0.15) is 53.5 Å². The molecule has 0 saturated heterocycles. The van der Waals surface area contributed by atoms with Crippen molar-refractivity contribution in [1.29, 1.82) is 0 Å². The average Bonchev–Trinajstić information content (AvgIpc) is 3.17. The lowest BCUT2D eigenvalue weighted by molar-refractivity contribution is -0.137. The molecule has 1 saturated carbocycles. The standard InChI is InChI=1S/C28H28F3N5O2/c1-15-5-3-8-18(11-15)23-13-22-24(36(23)14-19-9-10-20(12-21(19)32)28(29,30)31)25(35-26(34-22)27(37)38)33-16(2)17-6-4-7-17/h3,5,8-13,16-17H,4,6-7,14,32H2,1-2H3,(H,37,38)(H,33,34,35)/t16-/m1/s1. The molecule has 7 nitrogen and oxygen atoms in total. The van der Waals surface area contributed by atoms with Crippen molar-refractivity contribution < 1.29 is 23.1 Å². The minimum atomic E-state index is -4.50. The van der Waals surface area contributed by atoms with Crippen molar-refractivity contribution in [3.05, 3.63) is 71.0 Å². The van der Waals surface area contributed by atoms with E-state index in [1.165, 1.54) is 6.07 Å². The minimum Gasteiger partial charge on any atom is -0.475 e. The van der Waals surface area contributed by atoms with Gasteiger partial charge in [0.2, 0.25) is 5.82 Å². The van der Waals surface area contributed by atoms with Crippen molar-refractivity contribution in [1.82, 2.24) is 14.5 Å². The Morgan fingerprint density at radius 2 is 1.95 bits per heavy atom. The number of nitrogen functional groups attached to an aromatic ring is 1. The maximum atomic E-state index is 13.3. The molecule has 0 unspecified atom stereocenters. The summed E-state index contributed by atoms with van der Waals surface area (Å²) in [5.41, 5.74) is 9.36. The van der Waals surface area contributed by atoms with Crippen LogP contribution in [0, 0.1) is 12.8 Å². The van der Waals surface area contributed by atoms with Crippen molar-refractivity contribution in [3.63, 3.8) is 0 Å². The maximum Gasteiger partial charge on any atom is 0.416 e. The maximum absolute atomic E-state index is 13.3. The van der Waals surface area contributed by atoms with E-state index in [-0.39, 0.29) is 24.1 Å². The monoisotopic (exact) mass is 523 g/mol. The van der Waals surface area contributed by atoms with Crippen LogP contribution in [-0.4, -0.2) is 31.7 Å². The highest BCUT2D eigenvalue weighted by Crippen LogP contribution is 2.37. The van der Waals surface area contributed by atoms with E-state index in [2.05, 4.69) is 15.3 Å². The summed E-state index contributed by atoms with van der Waals surface area (Å²) in [5, 5.41) is 13.1. The van der Waals surface area contributed by atoms with Crippen molar-refractivity contribution in [2.75, 3.05) is 11.1 Å². The summed E-state index contributed by atoms with van der Waals surface area (Å²) in [6.07, 6.45) is -1.20. The van der Waals surface area contributed by atoms with Crippen LogP contribution in [0.3, 0.4) is 0 Å². The average molecular weight is 524 g/mol. The summed E-state index contributed by atoms with van der Waals surface area (Å²) in [4.78, 5) is 20.5. The predicted molar refractivity (Wildman–Crippen MR) is 140 cm³/mol. The molecule has 1 aliphatic rings. The summed E-state index contributed by atoms with van der Waals surface area (Å²) in [6.45, 7) is 4.14. The topological polar surface area (TPSA) is 106 Å². The first-order chi connectivity index (χ1) is 18.0. The zero-order valence-electron chi connectivity index (χ0n) is 21.0. The van der Waals surface area contributed by atoms with Crippen LogP contribution >= 0.6 is 0 Å². The normalized spacial score (nSPS) is 14.9. The summed E-state index contributed by atoms with van der Waals surface area (Å²) in [6, 6.07) is 12.9. The number of benzene rings is 2. The van der Waals surface area contributed by atoms with Gasteiger partial charge in [-0.05, 0) is 68.0 Å². The highest BCUT2D eigenvalue weighted by atomic mass is 19.4. The highest BCUT2D eigenvalue weighted by Gasteiger charge is 2.31. The molecule has 1 fully saturated rings. The smallest absolute Gasteiger partial charge is 0.416 e. The Hall–Kier alpha value is -4.08. The predicted octanol–water partition coefficient (Wildman–Crippen LogP) is 6.35. The minimum absolute atomic E-state index is 0.0114. The fraction of sp³-hybridized carbons (Fsp3) is 0.321. The first kappa shape index (κ1) is 25.6. The summed E-state index contributed by atoms with van der Waals surface area (Å²) in [5.74, 6) is -0.763. The van der Waals surface area contributed by atoms with Crippen LogP contribution in [0.4, 0.5) is 24.7 Å². The second kappa shape index (κ2) is 9.66. The van der Waals surface area contributed by atoms with Gasteiger partial charge in [-0.1, -0.05) is 36.2 Å². The molecule has 38 heavy (non-hydrogen) atoms. The summed E-state index contributed by atoms with van der Waals surface area (Å²) < 4.78 is 41.6. The number of nitrogens with zero attached hydrogens (tertiary/aromatic N) is 3. The van der Waals surface area contributed by atoms with Crippen LogP contribution in [-0.2, 0) is 12.7 Å². The van der Waals surface area contributed by atoms with E-state index in [1.807, 2.05) is 42.7 Å². The van der Waals surface area contributed by atoms with Gasteiger partial charge in [0.05, 0.1) is 23.3 Å². The van der Waals surface area contributed by atoms with Gasteiger partial charge in [0.25, 0.3) is 0 Å².